The Kier molecular flexibility index (Phi) is 8.30. The van der Waals surface area contributed by atoms with Crippen LogP contribution in [0.4, 0.5) is 0 Å². The molecular formula is C27H39N5O3Si. The summed E-state index contributed by atoms with van der Waals surface area (Å²) in [4.78, 5) is 11.5. The molecule has 0 atom stereocenters. The zero-order valence-electron chi connectivity index (χ0n) is 22.3. The molecule has 0 radical (unpaired) electrons. The Morgan fingerprint density at radius 2 is 1.94 bits per heavy atom. The summed E-state index contributed by atoms with van der Waals surface area (Å²) in [6.07, 6.45) is 5.71. The number of ether oxygens (including phenoxy) is 3. The van der Waals surface area contributed by atoms with Crippen LogP contribution in [0.2, 0.25) is 25.7 Å². The molecule has 0 spiro atoms. The van der Waals surface area contributed by atoms with E-state index in [4.69, 9.17) is 19.2 Å². The zero-order valence-corrected chi connectivity index (χ0v) is 23.3. The number of rotatable bonds is 11. The molecule has 0 aromatic carbocycles. The van der Waals surface area contributed by atoms with Gasteiger partial charge in [-0.1, -0.05) is 26.6 Å². The van der Waals surface area contributed by atoms with Gasteiger partial charge in [0.15, 0.2) is 0 Å². The number of pyridine rings is 2. The predicted molar refractivity (Wildman–Crippen MR) is 145 cm³/mol. The van der Waals surface area contributed by atoms with Gasteiger partial charge in [-0.05, 0) is 44.1 Å². The Bertz CT molecular complexity index is 1220. The minimum absolute atomic E-state index is 0.108. The van der Waals surface area contributed by atoms with Gasteiger partial charge < -0.3 is 19.1 Å². The summed E-state index contributed by atoms with van der Waals surface area (Å²) in [6, 6.07) is 7.04. The number of hydrogen-bond donors (Lipinski definition) is 0. The molecule has 4 heterocycles. The molecule has 1 aliphatic rings. The zero-order chi connectivity index (χ0) is 25.8. The topological polar surface area (TPSA) is 85.4 Å². The molecular weight excluding hydrogens is 470 g/mol. The number of nitriles is 1. The highest BCUT2D eigenvalue weighted by molar-refractivity contribution is 6.76. The third-order valence-electron chi connectivity index (χ3n) is 7.17. The van der Waals surface area contributed by atoms with E-state index in [1.54, 1.807) is 19.5 Å². The number of piperidine rings is 1. The average molecular weight is 510 g/mol. The molecule has 3 aromatic rings. The number of likely N-dealkylation sites (tertiary alicyclic amines) is 1. The number of aromatic nitrogens is 3. The molecule has 0 amide bonds. The highest BCUT2D eigenvalue weighted by atomic mass is 28.3. The second-order valence-corrected chi connectivity index (χ2v) is 17.0. The maximum Gasteiger partial charge on any atom is 0.146 e. The van der Waals surface area contributed by atoms with Crippen molar-refractivity contribution >= 4 is 30.0 Å². The molecule has 194 valence electrons. The summed E-state index contributed by atoms with van der Waals surface area (Å²) in [5, 5.41) is 11.3. The van der Waals surface area contributed by atoms with Crippen LogP contribution in [-0.4, -0.2) is 74.1 Å². The Morgan fingerprint density at radius 1 is 1.17 bits per heavy atom. The van der Waals surface area contributed by atoms with E-state index in [0.29, 0.717) is 19.0 Å². The molecule has 0 aliphatic carbocycles. The van der Waals surface area contributed by atoms with Gasteiger partial charge >= 0.3 is 0 Å². The fourth-order valence-corrected chi connectivity index (χ4v) is 5.41. The summed E-state index contributed by atoms with van der Waals surface area (Å²) in [6.45, 7) is 15.0. The number of nitrogens with zero attached hydrogens (tertiary/aromatic N) is 5. The first-order valence-corrected chi connectivity index (χ1v) is 16.5. The minimum Gasteiger partial charge on any atom is -0.492 e. The summed E-state index contributed by atoms with van der Waals surface area (Å²) in [5.41, 5.74) is 2.19. The fraction of sp³-hybridized carbons (Fsp3) is 0.593. The first-order valence-electron chi connectivity index (χ1n) is 12.8. The fourth-order valence-electron chi connectivity index (χ4n) is 4.65. The lowest BCUT2D eigenvalue weighted by Gasteiger charge is -2.39. The smallest absolute Gasteiger partial charge is 0.146 e. The minimum atomic E-state index is -1.18. The largest absolute Gasteiger partial charge is 0.492 e. The second-order valence-electron chi connectivity index (χ2n) is 11.4. The molecule has 9 heteroatoms. The van der Waals surface area contributed by atoms with Gasteiger partial charge in [0.1, 0.15) is 29.9 Å². The van der Waals surface area contributed by atoms with Crippen molar-refractivity contribution in [1.29, 1.82) is 5.26 Å². The Labute approximate surface area is 215 Å². The van der Waals surface area contributed by atoms with E-state index in [1.165, 1.54) is 0 Å². The Morgan fingerprint density at radius 3 is 2.64 bits per heavy atom. The standard InChI is InChI=1S/C27H39N5O3Si/c1-27(7-10-31(11-8-27)12-13-33-2)19-35-24-6-9-29-26-25(24)22-16-21(17-28)30-18-23(22)32(26)20-34-14-15-36(3,4)5/h6,9,16,18H,7-8,10-15,19-20H2,1-5H3. The van der Waals surface area contributed by atoms with Gasteiger partial charge in [0, 0.05) is 45.3 Å². The Hall–Kier alpha value is -2.51. The lowest BCUT2D eigenvalue weighted by atomic mass is 9.81. The number of hydrogen-bond acceptors (Lipinski definition) is 7. The second kappa shape index (κ2) is 11.3. The van der Waals surface area contributed by atoms with Crippen molar-refractivity contribution < 1.29 is 14.2 Å². The van der Waals surface area contributed by atoms with E-state index >= 15 is 0 Å². The molecule has 0 unspecified atom stereocenters. The monoisotopic (exact) mass is 509 g/mol. The summed E-state index contributed by atoms with van der Waals surface area (Å²) < 4.78 is 19.9. The van der Waals surface area contributed by atoms with Gasteiger partial charge in [-0.2, -0.15) is 5.26 Å². The van der Waals surface area contributed by atoms with Gasteiger partial charge in [-0.15, -0.1) is 0 Å². The maximum atomic E-state index is 9.48. The van der Waals surface area contributed by atoms with Crippen LogP contribution >= 0.6 is 0 Å². The summed E-state index contributed by atoms with van der Waals surface area (Å²) >= 11 is 0. The van der Waals surface area contributed by atoms with E-state index in [0.717, 1.165) is 79.4 Å². The molecule has 8 nitrogen and oxygen atoms in total. The summed E-state index contributed by atoms with van der Waals surface area (Å²) in [7, 11) is 0.572. The van der Waals surface area contributed by atoms with Crippen LogP contribution in [0.3, 0.4) is 0 Å². The third kappa shape index (κ3) is 6.24. The molecule has 0 saturated carbocycles. The van der Waals surface area contributed by atoms with Crippen molar-refractivity contribution in [3.63, 3.8) is 0 Å². The molecule has 1 aliphatic heterocycles. The normalized spacial score (nSPS) is 16.4. The molecule has 1 fully saturated rings. The number of fused-ring (bicyclic) bond motifs is 3. The van der Waals surface area contributed by atoms with Crippen LogP contribution < -0.4 is 4.74 Å². The first-order chi connectivity index (χ1) is 17.2. The van der Waals surface area contributed by atoms with Crippen LogP contribution in [0, 0.1) is 16.7 Å². The first kappa shape index (κ1) is 26.5. The van der Waals surface area contributed by atoms with Gasteiger partial charge in [0.05, 0.1) is 30.3 Å². The van der Waals surface area contributed by atoms with Crippen LogP contribution in [0.25, 0.3) is 21.9 Å². The maximum absolute atomic E-state index is 9.48. The van der Waals surface area contributed by atoms with Crippen molar-refractivity contribution in [1.82, 2.24) is 19.4 Å². The van der Waals surface area contributed by atoms with Gasteiger partial charge in [-0.25, -0.2) is 9.97 Å². The van der Waals surface area contributed by atoms with Crippen molar-refractivity contribution in [2.75, 3.05) is 46.6 Å². The number of methoxy groups -OCH3 is 1. The van der Waals surface area contributed by atoms with Crippen LogP contribution in [-0.2, 0) is 16.2 Å². The van der Waals surface area contributed by atoms with Crippen molar-refractivity contribution in [3.8, 4) is 11.8 Å². The highest BCUT2D eigenvalue weighted by Gasteiger charge is 2.31. The van der Waals surface area contributed by atoms with Gasteiger partial charge in [0.25, 0.3) is 0 Å². The lowest BCUT2D eigenvalue weighted by Crippen LogP contribution is -2.42. The summed E-state index contributed by atoms with van der Waals surface area (Å²) in [5.74, 6) is 0.795. The molecule has 0 bridgehead atoms. The lowest BCUT2D eigenvalue weighted by molar-refractivity contribution is 0.0554. The molecule has 3 aromatic heterocycles. The van der Waals surface area contributed by atoms with E-state index in [9.17, 15) is 5.26 Å². The predicted octanol–water partition coefficient (Wildman–Crippen LogP) is 4.90. The molecule has 1 saturated heterocycles. The van der Waals surface area contributed by atoms with Crippen LogP contribution in [0.15, 0.2) is 24.5 Å². The Balaban J connectivity index is 1.57. The molecule has 36 heavy (non-hydrogen) atoms. The van der Waals surface area contributed by atoms with Crippen molar-refractivity contribution in [2.45, 2.75) is 52.2 Å². The molecule has 4 rings (SSSR count). The average Bonchev–Trinajstić information content (AvgIpc) is 3.18. The van der Waals surface area contributed by atoms with Crippen molar-refractivity contribution in [3.05, 3.63) is 30.2 Å². The van der Waals surface area contributed by atoms with Crippen molar-refractivity contribution in [2.24, 2.45) is 5.41 Å². The highest BCUT2D eigenvalue weighted by Crippen LogP contribution is 2.37. The van der Waals surface area contributed by atoms with Gasteiger partial charge in [0.2, 0.25) is 0 Å². The van der Waals surface area contributed by atoms with E-state index in [2.05, 4.69) is 42.5 Å². The third-order valence-corrected chi connectivity index (χ3v) is 8.88. The van der Waals surface area contributed by atoms with E-state index < -0.39 is 8.07 Å². The SMILES string of the molecule is COCCN1CCC(C)(COc2ccnc3c2c2cc(C#N)ncc2n3COCC[Si](C)(C)C)CC1. The molecule has 0 N–H and O–H groups in total. The van der Waals surface area contributed by atoms with Crippen LogP contribution in [0.5, 0.6) is 5.75 Å². The van der Waals surface area contributed by atoms with Gasteiger partial charge in [-0.3, -0.25) is 4.57 Å². The van der Waals surface area contributed by atoms with E-state index in [-0.39, 0.29) is 5.41 Å². The van der Waals surface area contributed by atoms with E-state index in [1.807, 2.05) is 16.7 Å². The quantitative estimate of drug-likeness (QED) is 0.269. The van der Waals surface area contributed by atoms with Crippen LogP contribution in [0.1, 0.15) is 25.5 Å².